The third-order valence-electron chi connectivity index (χ3n) is 4.37. The molecular weight excluding hydrogens is 196 g/mol. The summed E-state index contributed by atoms with van der Waals surface area (Å²) in [4.78, 5) is 2.64. The van der Waals surface area contributed by atoms with Crippen LogP contribution in [0.3, 0.4) is 0 Å². The van der Waals surface area contributed by atoms with Crippen LogP contribution in [0.25, 0.3) is 0 Å². The summed E-state index contributed by atoms with van der Waals surface area (Å²) in [6, 6.07) is 0.812. The molecule has 2 fully saturated rings. The fourth-order valence-corrected chi connectivity index (χ4v) is 3.21. The molecule has 16 heavy (non-hydrogen) atoms. The number of hydrogen-bond acceptors (Lipinski definition) is 2. The molecule has 0 spiro atoms. The van der Waals surface area contributed by atoms with E-state index in [9.17, 15) is 0 Å². The van der Waals surface area contributed by atoms with Crippen LogP contribution >= 0.6 is 0 Å². The van der Waals surface area contributed by atoms with Gasteiger partial charge in [0, 0.05) is 6.04 Å². The summed E-state index contributed by atoms with van der Waals surface area (Å²) >= 11 is 0. The zero-order valence-electron chi connectivity index (χ0n) is 10.9. The van der Waals surface area contributed by atoms with Crippen LogP contribution < -0.4 is 5.32 Å². The molecule has 0 aromatic rings. The van der Waals surface area contributed by atoms with Crippen LogP contribution in [0.15, 0.2) is 0 Å². The molecule has 2 atom stereocenters. The van der Waals surface area contributed by atoms with Gasteiger partial charge in [-0.3, -0.25) is 0 Å². The minimum absolute atomic E-state index is 0.812. The highest BCUT2D eigenvalue weighted by atomic mass is 15.1. The van der Waals surface area contributed by atoms with Gasteiger partial charge in [0.05, 0.1) is 0 Å². The molecule has 0 aromatic carbocycles. The van der Waals surface area contributed by atoms with Gasteiger partial charge in [0.25, 0.3) is 0 Å². The molecule has 2 heteroatoms. The number of nitrogens with one attached hydrogen (secondary N) is 1. The molecule has 94 valence electrons. The quantitative estimate of drug-likeness (QED) is 0.722. The first kappa shape index (κ1) is 12.4. The Bertz CT molecular complexity index is 187. The summed E-state index contributed by atoms with van der Waals surface area (Å²) in [5, 5.41) is 3.68. The molecule has 0 saturated carbocycles. The van der Waals surface area contributed by atoms with Crippen molar-refractivity contribution >= 4 is 0 Å². The molecule has 0 radical (unpaired) electrons. The summed E-state index contributed by atoms with van der Waals surface area (Å²) in [5.74, 6) is 0.903. The van der Waals surface area contributed by atoms with E-state index in [1.807, 2.05) is 0 Å². The third-order valence-corrected chi connectivity index (χ3v) is 4.37. The van der Waals surface area contributed by atoms with E-state index in [-0.39, 0.29) is 0 Å². The van der Waals surface area contributed by atoms with Gasteiger partial charge < -0.3 is 10.2 Å². The standard InChI is InChI=1S/C14H28N2/c1-13-7-6-9-15-14(13)8-2-3-10-16-11-4-5-12-16/h13-15H,2-12H2,1H3. The van der Waals surface area contributed by atoms with E-state index in [1.54, 1.807) is 0 Å². The largest absolute Gasteiger partial charge is 0.314 e. The van der Waals surface area contributed by atoms with Crippen LogP contribution in [0.1, 0.15) is 51.9 Å². The van der Waals surface area contributed by atoms with Crippen molar-refractivity contribution in [1.29, 1.82) is 0 Å². The Morgan fingerprint density at radius 3 is 2.69 bits per heavy atom. The summed E-state index contributed by atoms with van der Waals surface area (Å²) < 4.78 is 0. The number of nitrogens with zero attached hydrogens (tertiary/aromatic N) is 1. The van der Waals surface area contributed by atoms with E-state index in [4.69, 9.17) is 0 Å². The van der Waals surface area contributed by atoms with Crippen molar-refractivity contribution in [3.05, 3.63) is 0 Å². The van der Waals surface area contributed by atoms with Gasteiger partial charge in [-0.05, 0) is 70.6 Å². The normalized spacial score (nSPS) is 32.1. The number of hydrogen-bond donors (Lipinski definition) is 1. The van der Waals surface area contributed by atoms with E-state index in [0.29, 0.717) is 0 Å². The van der Waals surface area contributed by atoms with Gasteiger partial charge in [0.15, 0.2) is 0 Å². The van der Waals surface area contributed by atoms with Crippen molar-refractivity contribution < 1.29 is 0 Å². The highest BCUT2D eigenvalue weighted by molar-refractivity contribution is 4.78. The Hall–Kier alpha value is -0.0800. The average molecular weight is 224 g/mol. The molecule has 2 nitrogen and oxygen atoms in total. The molecule has 0 aromatic heterocycles. The third kappa shape index (κ3) is 3.74. The van der Waals surface area contributed by atoms with E-state index in [0.717, 1.165) is 12.0 Å². The van der Waals surface area contributed by atoms with Gasteiger partial charge in [0.2, 0.25) is 0 Å². The highest BCUT2D eigenvalue weighted by Crippen LogP contribution is 2.20. The molecule has 2 rings (SSSR count). The van der Waals surface area contributed by atoms with Gasteiger partial charge >= 0.3 is 0 Å². The molecule has 1 N–H and O–H groups in total. The number of likely N-dealkylation sites (tertiary alicyclic amines) is 1. The van der Waals surface area contributed by atoms with Gasteiger partial charge in [0.1, 0.15) is 0 Å². The molecule has 0 aliphatic carbocycles. The van der Waals surface area contributed by atoms with Gasteiger partial charge in [-0.25, -0.2) is 0 Å². The Balaban J connectivity index is 1.53. The van der Waals surface area contributed by atoms with Crippen molar-refractivity contribution in [2.45, 2.75) is 57.9 Å². The van der Waals surface area contributed by atoms with Crippen LogP contribution in [0.2, 0.25) is 0 Å². The lowest BCUT2D eigenvalue weighted by Gasteiger charge is -2.30. The zero-order valence-corrected chi connectivity index (χ0v) is 10.9. The molecule has 0 bridgehead atoms. The molecule has 2 saturated heterocycles. The van der Waals surface area contributed by atoms with Crippen molar-refractivity contribution in [1.82, 2.24) is 10.2 Å². The highest BCUT2D eigenvalue weighted by Gasteiger charge is 2.20. The predicted octanol–water partition coefficient (Wildman–Crippen LogP) is 2.64. The Labute approximate surface area is 101 Å². The predicted molar refractivity (Wildman–Crippen MR) is 69.7 cm³/mol. The molecule has 2 aliphatic heterocycles. The first-order valence-corrected chi connectivity index (χ1v) is 7.32. The minimum Gasteiger partial charge on any atom is -0.314 e. The van der Waals surface area contributed by atoms with Gasteiger partial charge in [-0.15, -0.1) is 0 Å². The second kappa shape index (κ2) is 6.61. The van der Waals surface area contributed by atoms with E-state index < -0.39 is 0 Å². The lowest BCUT2D eigenvalue weighted by atomic mass is 9.89. The second-order valence-electron chi connectivity index (χ2n) is 5.72. The molecule has 2 heterocycles. The Morgan fingerprint density at radius 2 is 1.94 bits per heavy atom. The second-order valence-corrected chi connectivity index (χ2v) is 5.72. The van der Waals surface area contributed by atoms with E-state index in [2.05, 4.69) is 17.1 Å². The first-order chi connectivity index (χ1) is 7.86. The first-order valence-electron chi connectivity index (χ1n) is 7.32. The van der Waals surface area contributed by atoms with Crippen molar-refractivity contribution in [2.75, 3.05) is 26.2 Å². The van der Waals surface area contributed by atoms with Crippen LogP contribution in [-0.4, -0.2) is 37.1 Å². The maximum Gasteiger partial charge on any atom is 0.00927 e. The van der Waals surface area contributed by atoms with Gasteiger partial charge in [-0.2, -0.15) is 0 Å². The Kier molecular flexibility index (Phi) is 5.11. The smallest absolute Gasteiger partial charge is 0.00927 e. The van der Waals surface area contributed by atoms with Crippen LogP contribution in [0.5, 0.6) is 0 Å². The van der Waals surface area contributed by atoms with Crippen LogP contribution in [0.4, 0.5) is 0 Å². The minimum atomic E-state index is 0.812. The number of unbranched alkanes of at least 4 members (excludes halogenated alkanes) is 1. The van der Waals surface area contributed by atoms with Crippen molar-refractivity contribution in [3.63, 3.8) is 0 Å². The molecule has 2 aliphatic rings. The molecule has 2 unspecified atom stereocenters. The average Bonchev–Trinajstić information content (AvgIpc) is 2.79. The van der Waals surface area contributed by atoms with Crippen molar-refractivity contribution in [2.24, 2.45) is 5.92 Å². The summed E-state index contributed by atoms with van der Waals surface area (Å²) in [6.45, 7) is 7.73. The number of piperidine rings is 1. The van der Waals surface area contributed by atoms with E-state index in [1.165, 1.54) is 71.1 Å². The summed E-state index contributed by atoms with van der Waals surface area (Å²) in [5.41, 5.74) is 0. The van der Waals surface area contributed by atoms with Crippen LogP contribution in [-0.2, 0) is 0 Å². The molecular formula is C14H28N2. The fourth-order valence-electron chi connectivity index (χ4n) is 3.21. The van der Waals surface area contributed by atoms with Crippen molar-refractivity contribution in [3.8, 4) is 0 Å². The molecule has 0 amide bonds. The summed E-state index contributed by atoms with van der Waals surface area (Å²) in [7, 11) is 0. The lowest BCUT2D eigenvalue weighted by Crippen LogP contribution is -2.40. The SMILES string of the molecule is CC1CCCNC1CCCCN1CCCC1. The van der Waals surface area contributed by atoms with E-state index >= 15 is 0 Å². The Morgan fingerprint density at radius 1 is 1.12 bits per heavy atom. The zero-order chi connectivity index (χ0) is 11.2. The summed E-state index contributed by atoms with van der Waals surface area (Å²) in [6.07, 6.45) is 9.90. The van der Waals surface area contributed by atoms with Gasteiger partial charge in [-0.1, -0.05) is 13.3 Å². The maximum absolute atomic E-state index is 3.68. The maximum atomic E-state index is 3.68. The topological polar surface area (TPSA) is 15.3 Å². The fraction of sp³-hybridized carbons (Fsp3) is 1.00. The lowest BCUT2D eigenvalue weighted by molar-refractivity contribution is 0.270. The van der Waals surface area contributed by atoms with Crippen LogP contribution in [0, 0.1) is 5.92 Å². The monoisotopic (exact) mass is 224 g/mol. The number of rotatable bonds is 5.